The largest absolute Gasteiger partial charge is 0.494 e. The second-order valence-corrected chi connectivity index (χ2v) is 5.43. The minimum absolute atomic E-state index is 0.0225. The van der Waals surface area contributed by atoms with E-state index in [0.29, 0.717) is 17.2 Å². The average Bonchev–Trinajstić information content (AvgIpc) is 2.43. The van der Waals surface area contributed by atoms with Gasteiger partial charge in [-0.25, -0.2) is 4.39 Å². The molecule has 0 fully saturated rings. The van der Waals surface area contributed by atoms with Gasteiger partial charge < -0.3 is 10.1 Å². The van der Waals surface area contributed by atoms with Crippen molar-refractivity contribution in [2.45, 2.75) is 19.9 Å². The summed E-state index contributed by atoms with van der Waals surface area (Å²) in [6.07, 6.45) is 0. The van der Waals surface area contributed by atoms with E-state index in [9.17, 15) is 4.39 Å². The lowest BCUT2D eigenvalue weighted by molar-refractivity contribution is 0.340. The maximum absolute atomic E-state index is 13.6. The SMILES string of the molecule is CCOc1cccc(NC(C)c2cc(F)c(Cl)cc2Cl)c1. The zero-order chi connectivity index (χ0) is 15.4. The summed E-state index contributed by atoms with van der Waals surface area (Å²) in [5.41, 5.74) is 1.53. The number of hydrogen-bond donors (Lipinski definition) is 1. The molecule has 1 unspecified atom stereocenters. The van der Waals surface area contributed by atoms with Gasteiger partial charge in [0.1, 0.15) is 11.6 Å². The van der Waals surface area contributed by atoms with Crippen molar-refractivity contribution in [3.05, 3.63) is 57.8 Å². The van der Waals surface area contributed by atoms with Crippen molar-refractivity contribution < 1.29 is 9.13 Å². The molecule has 0 aromatic heterocycles. The van der Waals surface area contributed by atoms with Gasteiger partial charge in [-0.2, -0.15) is 0 Å². The van der Waals surface area contributed by atoms with Crippen molar-refractivity contribution in [1.82, 2.24) is 0 Å². The van der Waals surface area contributed by atoms with Crippen LogP contribution >= 0.6 is 23.2 Å². The Balaban J connectivity index is 2.19. The summed E-state index contributed by atoms with van der Waals surface area (Å²) in [7, 11) is 0. The Morgan fingerprint density at radius 3 is 2.67 bits per heavy atom. The number of anilines is 1. The molecule has 112 valence electrons. The van der Waals surface area contributed by atoms with Crippen molar-refractivity contribution >= 4 is 28.9 Å². The van der Waals surface area contributed by atoms with Crippen molar-refractivity contribution in [3.63, 3.8) is 0 Å². The van der Waals surface area contributed by atoms with E-state index in [1.165, 1.54) is 12.1 Å². The fourth-order valence-electron chi connectivity index (χ4n) is 2.04. The van der Waals surface area contributed by atoms with Gasteiger partial charge in [0.2, 0.25) is 0 Å². The van der Waals surface area contributed by atoms with Gasteiger partial charge in [0, 0.05) is 16.8 Å². The second kappa shape index (κ2) is 7.01. The average molecular weight is 328 g/mol. The van der Waals surface area contributed by atoms with Gasteiger partial charge in [-0.1, -0.05) is 29.3 Å². The van der Waals surface area contributed by atoms with Crippen LogP contribution in [0.5, 0.6) is 5.75 Å². The number of hydrogen-bond acceptors (Lipinski definition) is 2. The standard InChI is InChI=1S/C16H16Cl2FNO/c1-3-21-12-6-4-5-11(7-12)20-10(2)13-8-16(19)15(18)9-14(13)17/h4-10,20H,3H2,1-2H3. The Morgan fingerprint density at radius 1 is 1.19 bits per heavy atom. The lowest BCUT2D eigenvalue weighted by atomic mass is 10.1. The van der Waals surface area contributed by atoms with Crippen LogP contribution in [0.1, 0.15) is 25.5 Å². The third kappa shape index (κ3) is 4.02. The number of halogens is 3. The molecular formula is C16H16Cl2FNO. The molecule has 2 aromatic carbocycles. The second-order valence-electron chi connectivity index (χ2n) is 4.61. The number of ether oxygens (including phenoxy) is 1. The Hall–Kier alpha value is -1.45. The van der Waals surface area contributed by atoms with Gasteiger partial charge in [-0.3, -0.25) is 0 Å². The lowest BCUT2D eigenvalue weighted by Crippen LogP contribution is -2.08. The van der Waals surface area contributed by atoms with Crippen molar-refractivity contribution in [3.8, 4) is 5.75 Å². The zero-order valence-electron chi connectivity index (χ0n) is 11.8. The van der Waals surface area contributed by atoms with Gasteiger partial charge in [0.15, 0.2) is 0 Å². The van der Waals surface area contributed by atoms with E-state index in [1.54, 1.807) is 0 Å². The molecule has 0 saturated heterocycles. The van der Waals surface area contributed by atoms with E-state index in [0.717, 1.165) is 11.4 Å². The van der Waals surface area contributed by atoms with Gasteiger partial charge >= 0.3 is 0 Å². The molecule has 2 nitrogen and oxygen atoms in total. The molecule has 0 aliphatic rings. The summed E-state index contributed by atoms with van der Waals surface area (Å²) in [6, 6.07) is 10.2. The monoisotopic (exact) mass is 327 g/mol. The molecule has 2 rings (SSSR count). The molecule has 5 heteroatoms. The number of nitrogens with one attached hydrogen (secondary N) is 1. The van der Waals surface area contributed by atoms with Gasteiger partial charge in [-0.15, -0.1) is 0 Å². The molecular weight excluding hydrogens is 312 g/mol. The van der Waals surface area contributed by atoms with Crippen LogP contribution in [-0.4, -0.2) is 6.61 Å². The quantitative estimate of drug-likeness (QED) is 0.710. The highest BCUT2D eigenvalue weighted by Crippen LogP contribution is 2.31. The van der Waals surface area contributed by atoms with Crippen molar-refractivity contribution in [2.24, 2.45) is 0 Å². The Morgan fingerprint density at radius 2 is 1.95 bits per heavy atom. The molecule has 21 heavy (non-hydrogen) atoms. The first-order chi connectivity index (χ1) is 10.0. The Bertz CT molecular complexity index is 634. The summed E-state index contributed by atoms with van der Waals surface area (Å²) in [5.74, 6) is 0.302. The smallest absolute Gasteiger partial charge is 0.142 e. The molecule has 0 aliphatic carbocycles. The molecule has 0 bridgehead atoms. The van der Waals surface area contributed by atoms with E-state index in [-0.39, 0.29) is 11.1 Å². The van der Waals surface area contributed by atoms with Gasteiger partial charge in [0.25, 0.3) is 0 Å². The van der Waals surface area contributed by atoms with Crippen LogP contribution in [0.25, 0.3) is 0 Å². The minimum atomic E-state index is -0.479. The molecule has 2 aromatic rings. The van der Waals surface area contributed by atoms with E-state index >= 15 is 0 Å². The van der Waals surface area contributed by atoms with Crippen LogP contribution in [0.15, 0.2) is 36.4 Å². The van der Waals surface area contributed by atoms with Crippen molar-refractivity contribution in [2.75, 3.05) is 11.9 Å². The number of benzene rings is 2. The molecule has 1 N–H and O–H groups in total. The summed E-state index contributed by atoms with van der Waals surface area (Å²) in [4.78, 5) is 0. The van der Waals surface area contributed by atoms with Crippen LogP contribution in [0, 0.1) is 5.82 Å². The summed E-state index contributed by atoms with van der Waals surface area (Å²) >= 11 is 11.8. The Kier molecular flexibility index (Phi) is 5.32. The molecule has 0 radical (unpaired) electrons. The topological polar surface area (TPSA) is 21.3 Å². The van der Waals surface area contributed by atoms with Crippen LogP contribution in [-0.2, 0) is 0 Å². The van der Waals surface area contributed by atoms with E-state index in [1.807, 2.05) is 38.1 Å². The first-order valence-corrected chi connectivity index (χ1v) is 7.40. The maximum Gasteiger partial charge on any atom is 0.142 e. The summed E-state index contributed by atoms with van der Waals surface area (Å²) < 4.78 is 19.0. The first-order valence-electron chi connectivity index (χ1n) is 6.65. The van der Waals surface area contributed by atoms with E-state index in [4.69, 9.17) is 27.9 Å². The molecule has 1 atom stereocenters. The predicted octanol–water partition coefficient (Wildman–Crippen LogP) is 5.70. The molecule has 0 amide bonds. The minimum Gasteiger partial charge on any atom is -0.494 e. The molecule has 0 saturated carbocycles. The maximum atomic E-state index is 13.6. The highest BCUT2D eigenvalue weighted by Gasteiger charge is 2.13. The Labute approximate surface area is 133 Å². The summed E-state index contributed by atoms with van der Waals surface area (Å²) in [6.45, 7) is 4.44. The van der Waals surface area contributed by atoms with Crippen LogP contribution in [0.4, 0.5) is 10.1 Å². The highest BCUT2D eigenvalue weighted by atomic mass is 35.5. The fraction of sp³-hybridized carbons (Fsp3) is 0.250. The normalized spacial score (nSPS) is 12.0. The van der Waals surface area contributed by atoms with E-state index in [2.05, 4.69) is 5.32 Å². The third-order valence-electron chi connectivity index (χ3n) is 3.03. The predicted molar refractivity (Wildman–Crippen MR) is 86.1 cm³/mol. The van der Waals surface area contributed by atoms with Gasteiger partial charge in [0.05, 0.1) is 17.7 Å². The lowest BCUT2D eigenvalue weighted by Gasteiger charge is -2.18. The highest BCUT2D eigenvalue weighted by molar-refractivity contribution is 6.35. The van der Waals surface area contributed by atoms with Crippen molar-refractivity contribution in [1.29, 1.82) is 0 Å². The van der Waals surface area contributed by atoms with E-state index < -0.39 is 5.82 Å². The molecule has 0 spiro atoms. The fourth-order valence-corrected chi connectivity index (χ4v) is 2.59. The molecule has 0 aliphatic heterocycles. The number of rotatable bonds is 5. The third-order valence-corrected chi connectivity index (χ3v) is 3.65. The first kappa shape index (κ1) is 15.9. The van der Waals surface area contributed by atoms with Crippen LogP contribution < -0.4 is 10.1 Å². The van der Waals surface area contributed by atoms with Crippen LogP contribution in [0.2, 0.25) is 10.0 Å². The van der Waals surface area contributed by atoms with Gasteiger partial charge in [-0.05, 0) is 43.7 Å². The zero-order valence-corrected chi connectivity index (χ0v) is 13.3. The molecule has 0 heterocycles. The van der Waals surface area contributed by atoms with Crippen LogP contribution in [0.3, 0.4) is 0 Å². The summed E-state index contributed by atoms with van der Waals surface area (Å²) in [5, 5.41) is 3.73.